The quantitative estimate of drug-likeness (QED) is 0.494. The highest BCUT2D eigenvalue weighted by atomic mass is 16.7. The van der Waals surface area contributed by atoms with Gasteiger partial charge in [0.1, 0.15) is 13.4 Å². The summed E-state index contributed by atoms with van der Waals surface area (Å²) in [7, 11) is 1.65. The number of rotatable bonds is 9. The van der Waals surface area contributed by atoms with E-state index in [-0.39, 0.29) is 12.3 Å². The molecule has 144 valence electrons. The maximum Gasteiger partial charge on any atom is 0.217 e. The van der Waals surface area contributed by atoms with Crippen molar-refractivity contribution in [1.29, 1.82) is 0 Å². The Bertz CT molecular complexity index is 768. The summed E-state index contributed by atoms with van der Waals surface area (Å²) in [6.07, 6.45) is 0. The molecular weight excluding hydrogens is 342 g/mol. The van der Waals surface area contributed by atoms with E-state index in [2.05, 4.69) is 50.2 Å². The van der Waals surface area contributed by atoms with E-state index in [4.69, 9.17) is 23.9 Å². The highest BCUT2D eigenvalue weighted by molar-refractivity contribution is 6.01. The highest BCUT2D eigenvalue weighted by Crippen LogP contribution is 2.28. The molecule has 1 aliphatic heterocycles. The summed E-state index contributed by atoms with van der Waals surface area (Å²) in [5.41, 5.74) is 4.20. The van der Waals surface area contributed by atoms with Crippen LogP contribution in [0.4, 0.5) is 0 Å². The molecule has 0 N–H and O–H groups in total. The molecule has 2 aromatic rings. The van der Waals surface area contributed by atoms with Crippen LogP contribution in [0.5, 0.6) is 0 Å². The smallest absolute Gasteiger partial charge is 0.217 e. The van der Waals surface area contributed by atoms with Crippen molar-refractivity contribution in [2.24, 2.45) is 4.99 Å². The molecule has 2 aromatic carbocycles. The second-order valence-corrected chi connectivity index (χ2v) is 7.13. The average molecular weight is 369 g/mol. The minimum absolute atomic E-state index is 0.172. The first-order chi connectivity index (χ1) is 13.1. The lowest BCUT2D eigenvalue weighted by molar-refractivity contribution is -0.0724. The zero-order valence-electron chi connectivity index (χ0n) is 16.2. The van der Waals surface area contributed by atoms with Gasteiger partial charge in [-0.05, 0) is 36.6 Å². The molecule has 0 saturated heterocycles. The number of hydrogen-bond acceptors (Lipinski definition) is 5. The van der Waals surface area contributed by atoms with E-state index in [0.717, 1.165) is 28.2 Å². The molecule has 0 atom stereocenters. The Labute approximate surface area is 160 Å². The van der Waals surface area contributed by atoms with Crippen LogP contribution in [-0.4, -0.2) is 45.2 Å². The Kier molecular flexibility index (Phi) is 6.61. The van der Waals surface area contributed by atoms with Gasteiger partial charge in [-0.1, -0.05) is 42.5 Å². The zero-order valence-corrected chi connectivity index (χ0v) is 16.2. The van der Waals surface area contributed by atoms with Crippen molar-refractivity contribution in [1.82, 2.24) is 0 Å². The van der Waals surface area contributed by atoms with Gasteiger partial charge in [0.25, 0.3) is 0 Å². The first kappa shape index (κ1) is 19.5. The maximum atomic E-state index is 5.84. The van der Waals surface area contributed by atoms with Gasteiger partial charge in [-0.25, -0.2) is 4.99 Å². The molecule has 0 spiro atoms. The fourth-order valence-electron chi connectivity index (χ4n) is 2.84. The number of hydrogen-bond donors (Lipinski definition) is 0. The van der Waals surface area contributed by atoms with Crippen LogP contribution in [0.2, 0.25) is 0 Å². The van der Waals surface area contributed by atoms with Gasteiger partial charge in [-0.3, -0.25) is 0 Å². The molecule has 3 rings (SSSR count). The number of benzene rings is 2. The van der Waals surface area contributed by atoms with Gasteiger partial charge < -0.3 is 18.9 Å². The first-order valence-corrected chi connectivity index (χ1v) is 9.15. The Balaban J connectivity index is 1.66. The van der Waals surface area contributed by atoms with Gasteiger partial charge in [0.05, 0.1) is 25.4 Å². The predicted molar refractivity (Wildman–Crippen MR) is 106 cm³/mol. The molecule has 0 unspecified atom stereocenters. The van der Waals surface area contributed by atoms with Crippen LogP contribution in [0, 0.1) is 0 Å². The van der Waals surface area contributed by atoms with E-state index in [0.29, 0.717) is 26.4 Å². The molecule has 27 heavy (non-hydrogen) atoms. The van der Waals surface area contributed by atoms with Crippen LogP contribution >= 0.6 is 0 Å². The second-order valence-electron chi connectivity index (χ2n) is 7.13. The Morgan fingerprint density at radius 1 is 0.963 bits per heavy atom. The van der Waals surface area contributed by atoms with Crippen LogP contribution in [0.25, 0.3) is 11.1 Å². The van der Waals surface area contributed by atoms with E-state index in [1.807, 2.05) is 12.1 Å². The SMILES string of the molecule is COCCOCOCc1ccc(-c2ccccc2C2=NC(C)(C)CO2)cc1. The lowest BCUT2D eigenvalue weighted by Crippen LogP contribution is -2.17. The van der Waals surface area contributed by atoms with Gasteiger partial charge in [-0.2, -0.15) is 0 Å². The fraction of sp³-hybridized carbons (Fsp3) is 0.409. The van der Waals surface area contributed by atoms with Crippen molar-refractivity contribution in [3.8, 4) is 11.1 Å². The molecule has 5 heteroatoms. The Morgan fingerprint density at radius 3 is 2.37 bits per heavy atom. The number of ether oxygens (including phenoxy) is 4. The Hall–Kier alpha value is -2.21. The molecular formula is C22H27NO4. The minimum Gasteiger partial charge on any atom is -0.475 e. The molecule has 0 radical (unpaired) electrons. The summed E-state index contributed by atoms with van der Waals surface area (Å²) in [5, 5.41) is 0. The van der Waals surface area contributed by atoms with E-state index in [1.165, 1.54) is 0 Å². The van der Waals surface area contributed by atoms with Gasteiger partial charge in [0, 0.05) is 12.7 Å². The molecule has 0 amide bonds. The van der Waals surface area contributed by atoms with Crippen molar-refractivity contribution in [3.05, 3.63) is 59.7 Å². The summed E-state index contributed by atoms with van der Waals surface area (Å²) in [6, 6.07) is 16.6. The normalized spacial score (nSPS) is 15.4. The average Bonchev–Trinajstić information content (AvgIpc) is 3.05. The third-order valence-corrected chi connectivity index (χ3v) is 4.26. The third-order valence-electron chi connectivity index (χ3n) is 4.26. The van der Waals surface area contributed by atoms with Crippen molar-refractivity contribution in [2.75, 3.05) is 33.7 Å². The monoisotopic (exact) mass is 369 g/mol. The summed E-state index contributed by atoms with van der Waals surface area (Å²) in [5.74, 6) is 0.719. The summed E-state index contributed by atoms with van der Waals surface area (Å²) in [6.45, 7) is 6.66. The van der Waals surface area contributed by atoms with E-state index in [1.54, 1.807) is 7.11 Å². The molecule has 1 heterocycles. The predicted octanol–water partition coefficient (Wildman–Crippen LogP) is 4.05. The number of methoxy groups -OCH3 is 1. The number of nitrogens with zero attached hydrogens (tertiary/aromatic N) is 1. The zero-order chi connectivity index (χ0) is 19.1. The van der Waals surface area contributed by atoms with Crippen molar-refractivity contribution >= 4 is 5.90 Å². The highest BCUT2D eigenvalue weighted by Gasteiger charge is 2.28. The third kappa shape index (κ3) is 5.39. The van der Waals surface area contributed by atoms with E-state index in [9.17, 15) is 0 Å². The standard InChI is InChI=1S/C22H27NO4/c1-22(2)15-27-21(23-22)20-7-5-4-6-19(20)18-10-8-17(9-11-18)14-26-16-25-13-12-24-3/h4-11H,12-16H2,1-3H3. The molecule has 0 fully saturated rings. The Morgan fingerprint density at radius 2 is 1.70 bits per heavy atom. The minimum atomic E-state index is -0.172. The van der Waals surface area contributed by atoms with Crippen LogP contribution in [0.1, 0.15) is 25.0 Å². The number of aliphatic imine (C=N–C) groups is 1. The van der Waals surface area contributed by atoms with Crippen LogP contribution < -0.4 is 0 Å². The topological polar surface area (TPSA) is 49.3 Å². The van der Waals surface area contributed by atoms with Gasteiger partial charge in [0.15, 0.2) is 0 Å². The molecule has 0 aromatic heterocycles. The van der Waals surface area contributed by atoms with E-state index < -0.39 is 0 Å². The van der Waals surface area contributed by atoms with Gasteiger partial charge >= 0.3 is 0 Å². The second kappa shape index (κ2) is 9.13. The summed E-state index contributed by atoms with van der Waals surface area (Å²) < 4.78 is 21.6. The van der Waals surface area contributed by atoms with Gasteiger partial charge in [0.2, 0.25) is 5.90 Å². The van der Waals surface area contributed by atoms with Gasteiger partial charge in [-0.15, -0.1) is 0 Å². The maximum absolute atomic E-state index is 5.84. The fourth-order valence-corrected chi connectivity index (χ4v) is 2.84. The largest absolute Gasteiger partial charge is 0.475 e. The van der Waals surface area contributed by atoms with Crippen molar-refractivity contribution in [3.63, 3.8) is 0 Å². The van der Waals surface area contributed by atoms with Crippen molar-refractivity contribution < 1.29 is 18.9 Å². The molecule has 0 aliphatic carbocycles. The molecule has 0 bridgehead atoms. The van der Waals surface area contributed by atoms with Crippen LogP contribution in [-0.2, 0) is 25.6 Å². The van der Waals surface area contributed by atoms with E-state index >= 15 is 0 Å². The lowest BCUT2D eigenvalue weighted by Gasteiger charge is -2.10. The van der Waals surface area contributed by atoms with Crippen LogP contribution in [0.3, 0.4) is 0 Å². The molecule has 1 aliphatic rings. The first-order valence-electron chi connectivity index (χ1n) is 9.15. The van der Waals surface area contributed by atoms with Crippen molar-refractivity contribution in [2.45, 2.75) is 26.0 Å². The summed E-state index contributed by atoms with van der Waals surface area (Å²) in [4.78, 5) is 4.72. The molecule has 5 nitrogen and oxygen atoms in total. The summed E-state index contributed by atoms with van der Waals surface area (Å²) >= 11 is 0. The molecule has 0 saturated carbocycles. The lowest BCUT2D eigenvalue weighted by atomic mass is 9.98. The van der Waals surface area contributed by atoms with Crippen LogP contribution in [0.15, 0.2) is 53.5 Å².